The van der Waals surface area contributed by atoms with Gasteiger partial charge in [0, 0.05) is 18.8 Å². The van der Waals surface area contributed by atoms with Gasteiger partial charge >= 0.3 is 0 Å². The largest absolute Gasteiger partial charge is 0.394 e. The summed E-state index contributed by atoms with van der Waals surface area (Å²) in [5.41, 5.74) is 2.53. The van der Waals surface area contributed by atoms with Crippen LogP contribution in [0.25, 0.3) is 0 Å². The lowest BCUT2D eigenvalue weighted by Crippen LogP contribution is -2.35. The second-order valence-electron chi connectivity index (χ2n) is 4.91. The van der Waals surface area contributed by atoms with Crippen LogP contribution >= 0.6 is 0 Å². The van der Waals surface area contributed by atoms with E-state index in [1.807, 2.05) is 7.05 Å². The van der Waals surface area contributed by atoms with Crippen molar-refractivity contribution in [1.82, 2.24) is 5.32 Å². The van der Waals surface area contributed by atoms with Gasteiger partial charge in [0.25, 0.3) is 0 Å². The maximum absolute atomic E-state index is 9.46. The lowest BCUT2D eigenvalue weighted by molar-refractivity contribution is 0.245. The zero-order chi connectivity index (χ0) is 12.3. The number of benzene rings is 1. The fourth-order valence-electron chi connectivity index (χ4n) is 2.62. The van der Waals surface area contributed by atoms with Crippen molar-refractivity contribution in [2.75, 3.05) is 25.1 Å². The van der Waals surface area contributed by atoms with E-state index in [1.54, 1.807) is 0 Å². The summed E-state index contributed by atoms with van der Waals surface area (Å²) < 4.78 is 0. The van der Waals surface area contributed by atoms with Gasteiger partial charge in [-0.3, -0.25) is 0 Å². The molecule has 3 nitrogen and oxygen atoms in total. The molecule has 2 rings (SSSR count). The van der Waals surface area contributed by atoms with Gasteiger partial charge in [-0.25, -0.2) is 0 Å². The van der Waals surface area contributed by atoms with Crippen LogP contribution in [-0.2, 0) is 6.54 Å². The molecule has 1 aliphatic rings. The second-order valence-corrected chi connectivity index (χ2v) is 4.91. The van der Waals surface area contributed by atoms with Gasteiger partial charge in [-0.15, -0.1) is 0 Å². The summed E-state index contributed by atoms with van der Waals surface area (Å²) in [5.74, 6) is 0.581. The van der Waals surface area contributed by atoms with E-state index in [2.05, 4.69) is 41.4 Å². The maximum Gasteiger partial charge on any atom is 0.0637 e. The molecule has 0 saturated carbocycles. The van der Waals surface area contributed by atoms with Crippen LogP contribution in [0.15, 0.2) is 24.3 Å². The first-order valence-corrected chi connectivity index (χ1v) is 6.37. The van der Waals surface area contributed by atoms with Crippen molar-refractivity contribution in [3.8, 4) is 0 Å². The van der Waals surface area contributed by atoms with Crippen LogP contribution in [0.3, 0.4) is 0 Å². The standard InChI is InChI=1S/C14H22N2O/c1-11-7-8-16(14(11)10-17)13-5-3-12(4-6-13)9-15-2/h3-6,11,14-15,17H,7-10H2,1-2H3. The summed E-state index contributed by atoms with van der Waals surface area (Å²) in [6.45, 7) is 4.42. The van der Waals surface area contributed by atoms with Crippen LogP contribution in [0.4, 0.5) is 5.69 Å². The Kier molecular flexibility index (Phi) is 4.02. The Labute approximate surface area is 103 Å². The molecular formula is C14H22N2O. The Bertz CT molecular complexity index is 350. The zero-order valence-corrected chi connectivity index (χ0v) is 10.7. The van der Waals surface area contributed by atoms with Crippen molar-refractivity contribution in [2.45, 2.75) is 25.9 Å². The lowest BCUT2D eigenvalue weighted by atomic mass is 10.0. The number of nitrogens with zero attached hydrogens (tertiary/aromatic N) is 1. The van der Waals surface area contributed by atoms with Gasteiger partial charge in [-0.1, -0.05) is 19.1 Å². The van der Waals surface area contributed by atoms with Crippen molar-refractivity contribution >= 4 is 5.69 Å². The van der Waals surface area contributed by atoms with E-state index in [0.717, 1.165) is 13.1 Å². The molecule has 3 heteroatoms. The number of rotatable bonds is 4. The molecule has 1 fully saturated rings. The van der Waals surface area contributed by atoms with Crippen LogP contribution < -0.4 is 10.2 Å². The van der Waals surface area contributed by atoms with Crippen LogP contribution in [-0.4, -0.2) is 31.3 Å². The van der Waals surface area contributed by atoms with E-state index in [4.69, 9.17) is 0 Å². The average Bonchev–Trinajstić information content (AvgIpc) is 2.72. The minimum Gasteiger partial charge on any atom is -0.394 e. The third kappa shape index (κ3) is 2.61. The minimum atomic E-state index is 0.249. The Hall–Kier alpha value is -1.06. The van der Waals surface area contributed by atoms with Crippen LogP contribution in [0.1, 0.15) is 18.9 Å². The topological polar surface area (TPSA) is 35.5 Å². The molecule has 0 bridgehead atoms. The van der Waals surface area contributed by atoms with Gasteiger partial charge < -0.3 is 15.3 Å². The molecule has 17 heavy (non-hydrogen) atoms. The van der Waals surface area contributed by atoms with Crippen molar-refractivity contribution < 1.29 is 5.11 Å². The summed E-state index contributed by atoms with van der Waals surface area (Å²) in [5, 5.41) is 12.6. The average molecular weight is 234 g/mol. The molecule has 0 aromatic heterocycles. The van der Waals surface area contributed by atoms with Crippen LogP contribution in [0.2, 0.25) is 0 Å². The van der Waals surface area contributed by atoms with Gasteiger partial charge in [0.05, 0.1) is 12.6 Å². The molecule has 0 aliphatic carbocycles. The van der Waals surface area contributed by atoms with Crippen molar-refractivity contribution in [3.63, 3.8) is 0 Å². The maximum atomic E-state index is 9.46. The first-order valence-electron chi connectivity index (χ1n) is 6.37. The minimum absolute atomic E-state index is 0.249. The summed E-state index contributed by atoms with van der Waals surface area (Å²) in [6.07, 6.45) is 1.17. The van der Waals surface area contributed by atoms with Crippen molar-refractivity contribution in [2.24, 2.45) is 5.92 Å². The predicted molar refractivity (Wildman–Crippen MR) is 71.2 cm³/mol. The summed E-state index contributed by atoms with van der Waals surface area (Å²) in [4.78, 5) is 2.33. The van der Waals surface area contributed by atoms with E-state index in [-0.39, 0.29) is 12.6 Å². The molecule has 0 spiro atoms. The van der Waals surface area contributed by atoms with E-state index in [9.17, 15) is 5.11 Å². The Morgan fingerprint density at radius 2 is 2.06 bits per heavy atom. The third-order valence-corrected chi connectivity index (χ3v) is 3.72. The van der Waals surface area contributed by atoms with Gasteiger partial charge in [0.2, 0.25) is 0 Å². The van der Waals surface area contributed by atoms with E-state index in [1.165, 1.54) is 17.7 Å². The molecule has 2 atom stereocenters. The number of hydrogen-bond acceptors (Lipinski definition) is 3. The molecule has 2 N–H and O–H groups in total. The Morgan fingerprint density at radius 1 is 1.35 bits per heavy atom. The number of anilines is 1. The Morgan fingerprint density at radius 3 is 2.65 bits per heavy atom. The molecule has 1 aromatic carbocycles. The number of hydrogen-bond donors (Lipinski definition) is 2. The van der Waals surface area contributed by atoms with E-state index < -0.39 is 0 Å². The van der Waals surface area contributed by atoms with Gasteiger partial charge in [-0.05, 0) is 37.1 Å². The summed E-state index contributed by atoms with van der Waals surface area (Å²) >= 11 is 0. The van der Waals surface area contributed by atoms with Gasteiger partial charge in [0.15, 0.2) is 0 Å². The molecule has 1 saturated heterocycles. The van der Waals surface area contributed by atoms with Crippen molar-refractivity contribution in [1.29, 1.82) is 0 Å². The number of aliphatic hydroxyl groups is 1. The first kappa shape index (κ1) is 12.4. The van der Waals surface area contributed by atoms with Gasteiger partial charge in [-0.2, -0.15) is 0 Å². The Balaban J connectivity index is 2.11. The SMILES string of the molecule is CNCc1ccc(N2CCC(C)C2CO)cc1. The smallest absolute Gasteiger partial charge is 0.0637 e. The second kappa shape index (κ2) is 5.52. The fourth-order valence-corrected chi connectivity index (χ4v) is 2.62. The molecule has 1 aromatic rings. The van der Waals surface area contributed by atoms with Gasteiger partial charge in [0.1, 0.15) is 0 Å². The van der Waals surface area contributed by atoms with Crippen LogP contribution in [0.5, 0.6) is 0 Å². The highest BCUT2D eigenvalue weighted by molar-refractivity contribution is 5.49. The van der Waals surface area contributed by atoms with E-state index >= 15 is 0 Å². The highest BCUT2D eigenvalue weighted by Crippen LogP contribution is 2.29. The number of aliphatic hydroxyl groups excluding tert-OH is 1. The predicted octanol–water partition coefficient (Wildman–Crippen LogP) is 1.61. The molecule has 1 aliphatic heterocycles. The zero-order valence-electron chi connectivity index (χ0n) is 10.7. The molecule has 1 heterocycles. The number of nitrogens with one attached hydrogen (secondary N) is 1. The first-order chi connectivity index (χ1) is 8.26. The molecule has 2 unspecified atom stereocenters. The highest BCUT2D eigenvalue weighted by atomic mass is 16.3. The summed E-state index contributed by atoms with van der Waals surface area (Å²) in [6, 6.07) is 8.91. The molecular weight excluding hydrogens is 212 g/mol. The molecule has 94 valence electrons. The molecule has 0 amide bonds. The van der Waals surface area contributed by atoms with E-state index in [0.29, 0.717) is 5.92 Å². The fraction of sp³-hybridized carbons (Fsp3) is 0.571. The van der Waals surface area contributed by atoms with Crippen molar-refractivity contribution in [3.05, 3.63) is 29.8 Å². The summed E-state index contributed by atoms with van der Waals surface area (Å²) in [7, 11) is 1.96. The normalized spacial score (nSPS) is 24.3. The van der Waals surface area contributed by atoms with Crippen LogP contribution in [0, 0.1) is 5.92 Å². The highest BCUT2D eigenvalue weighted by Gasteiger charge is 2.30. The lowest BCUT2D eigenvalue weighted by Gasteiger charge is -2.27. The third-order valence-electron chi connectivity index (χ3n) is 3.72. The molecule has 0 radical (unpaired) electrons. The monoisotopic (exact) mass is 234 g/mol. The quantitative estimate of drug-likeness (QED) is 0.831.